The highest BCUT2D eigenvalue weighted by molar-refractivity contribution is 4.85. The monoisotopic (exact) mass is 268 g/mol. The molecule has 0 aromatic carbocycles. The van der Waals surface area contributed by atoms with E-state index in [4.69, 9.17) is 0 Å². The van der Waals surface area contributed by atoms with Gasteiger partial charge in [0.05, 0.1) is 6.10 Å². The number of aliphatic hydroxyl groups excluding tert-OH is 1. The summed E-state index contributed by atoms with van der Waals surface area (Å²) in [5, 5.41) is 10.2. The van der Waals surface area contributed by atoms with Crippen LogP contribution in [0.3, 0.4) is 0 Å². The van der Waals surface area contributed by atoms with Crippen LogP contribution in [0.4, 0.5) is 0 Å². The molecule has 1 N–H and O–H groups in total. The van der Waals surface area contributed by atoms with Crippen LogP contribution in [0.5, 0.6) is 0 Å². The highest BCUT2D eigenvalue weighted by Gasteiger charge is 2.34. The molecule has 19 heavy (non-hydrogen) atoms. The van der Waals surface area contributed by atoms with E-state index in [1.54, 1.807) is 0 Å². The van der Waals surface area contributed by atoms with Crippen molar-refractivity contribution < 1.29 is 5.11 Å². The molecule has 0 saturated heterocycles. The molecule has 3 atom stereocenters. The van der Waals surface area contributed by atoms with Gasteiger partial charge in [0.2, 0.25) is 0 Å². The van der Waals surface area contributed by atoms with Gasteiger partial charge in [0, 0.05) is 0 Å². The van der Waals surface area contributed by atoms with Crippen molar-refractivity contribution in [1.29, 1.82) is 0 Å². The van der Waals surface area contributed by atoms with E-state index < -0.39 is 0 Å². The summed E-state index contributed by atoms with van der Waals surface area (Å²) in [6.07, 6.45) is 12.9. The second-order valence-electron chi connectivity index (χ2n) is 7.76. The van der Waals surface area contributed by atoms with Crippen LogP contribution in [0.25, 0.3) is 0 Å². The van der Waals surface area contributed by atoms with Crippen molar-refractivity contribution in [1.82, 2.24) is 0 Å². The van der Waals surface area contributed by atoms with Gasteiger partial charge in [0.25, 0.3) is 0 Å². The van der Waals surface area contributed by atoms with Crippen molar-refractivity contribution in [2.24, 2.45) is 17.3 Å². The number of aliphatic hydroxyl groups is 1. The molecule has 0 heterocycles. The molecule has 1 nitrogen and oxygen atoms in total. The van der Waals surface area contributed by atoms with Gasteiger partial charge in [-0.1, -0.05) is 66.2 Å². The second-order valence-corrected chi connectivity index (χ2v) is 7.76. The standard InChI is InChI=1S/C18H36O/c1-5-6-7-8-9-10-11-15-14-16(18(2,3)4)12-13-17(15)19/h15-17,19H,5-14H2,1-4H3. The first-order valence-electron chi connectivity index (χ1n) is 8.63. The fraction of sp³-hybridized carbons (Fsp3) is 1.00. The normalized spacial score (nSPS) is 28.6. The van der Waals surface area contributed by atoms with Crippen LogP contribution in [0.15, 0.2) is 0 Å². The van der Waals surface area contributed by atoms with E-state index in [-0.39, 0.29) is 6.10 Å². The van der Waals surface area contributed by atoms with Crippen molar-refractivity contribution in [3.05, 3.63) is 0 Å². The Hall–Kier alpha value is -0.0400. The summed E-state index contributed by atoms with van der Waals surface area (Å²) in [6.45, 7) is 9.34. The predicted octanol–water partition coefficient (Wildman–Crippen LogP) is 5.56. The Morgan fingerprint density at radius 1 is 0.947 bits per heavy atom. The molecular formula is C18H36O. The molecule has 0 aromatic heterocycles. The Morgan fingerprint density at radius 3 is 2.21 bits per heavy atom. The summed E-state index contributed by atoms with van der Waals surface area (Å²) in [5.74, 6) is 1.38. The lowest BCUT2D eigenvalue weighted by molar-refractivity contribution is 0.0148. The molecule has 0 bridgehead atoms. The summed E-state index contributed by atoms with van der Waals surface area (Å²) < 4.78 is 0. The third-order valence-electron chi connectivity index (χ3n) is 5.10. The van der Waals surface area contributed by atoms with Crippen molar-refractivity contribution >= 4 is 0 Å². The summed E-state index contributed by atoms with van der Waals surface area (Å²) in [7, 11) is 0. The van der Waals surface area contributed by atoms with Crippen molar-refractivity contribution in [2.75, 3.05) is 0 Å². The molecule has 114 valence electrons. The largest absolute Gasteiger partial charge is 0.393 e. The SMILES string of the molecule is CCCCCCCCC1CC(C(C)(C)C)CCC1O. The molecule has 0 aliphatic heterocycles. The van der Waals surface area contributed by atoms with E-state index in [9.17, 15) is 5.11 Å². The lowest BCUT2D eigenvalue weighted by Gasteiger charge is -2.40. The predicted molar refractivity (Wildman–Crippen MR) is 84.3 cm³/mol. The molecule has 1 saturated carbocycles. The third kappa shape index (κ3) is 6.29. The highest BCUT2D eigenvalue weighted by Crippen LogP contribution is 2.41. The first-order valence-corrected chi connectivity index (χ1v) is 8.63. The zero-order chi connectivity index (χ0) is 14.3. The summed E-state index contributed by atoms with van der Waals surface area (Å²) >= 11 is 0. The molecule has 0 spiro atoms. The minimum atomic E-state index is -0.0192. The van der Waals surface area contributed by atoms with E-state index in [2.05, 4.69) is 27.7 Å². The van der Waals surface area contributed by atoms with Crippen molar-refractivity contribution in [3.63, 3.8) is 0 Å². The second kappa shape index (κ2) is 8.29. The first kappa shape index (κ1) is 17.0. The summed E-state index contributed by atoms with van der Waals surface area (Å²) in [5.41, 5.74) is 0.416. The van der Waals surface area contributed by atoms with Gasteiger partial charge in [-0.15, -0.1) is 0 Å². The lowest BCUT2D eigenvalue weighted by atomic mass is 9.67. The van der Waals surface area contributed by atoms with Gasteiger partial charge in [0.15, 0.2) is 0 Å². The number of hydrogen-bond acceptors (Lipinski definition) is 1. The zero-order valence-electron chi connectivity index (χ0n) is 13.8. The van der Waals surface area contributed by atoms with Gasteiger partial charge in [-0.25, -0.2) is 0 Å². The molecule has 0 radical (unpaired) electrons. The Labute approximate surface area is 121 Å². The van der Waals surface area contributed by atoms with Gasteiger partial charge in [-0.05, 0) is 42.9 Å². The Morgan fingerprint density at radius 2 is 1.58 bits per heavy atom. The quantitative estimate of drug-likeness (QED) is 0.599. The minimum absolute atomic E-state index is 0.0192. The lowest BCUT2D eigenvalue weighted by Crippen LogP contribution is -2.34. The topological polar surface area (TPSA) is 20.2 Å². The van der Waals surface area contributed by atoms with Crippen LogP contribution in [0.1, 0.15) is 91.9 Å². The maximum Gasteiger partial charge on any atom is 0.0568 e. The molecule has 1 rings (SSSR count). The Kier molecular flexibility index (Phi) is 7.42. The van der Waals surface area contributed by atoms with Gasteiger partial charge >= 0.3 is 0 Å². The van der Waals surface area contributed by atoms with Crippen molar-refractivity contribution in [2.45, 2.75) is 98.0 Å². The molecule has 1 aliphatic carbocycles. The molecular weight excluding hydrogens is 232 g/mol. The maximum atomic E-state index is 10.2. The zero-order valence-corrected chi connectivity index (χ0v) is 13.8. The van der Waals surface area contributed by atoms with Gasteiger partial charge < -0.3 is 5.11 Å². The average molecular weight is 268 g/mol. The first-order chi connectivity index (χ1) is 8.95. The van der Waals surface area contributed by atoms with Gasteiger partial charge in [0.1, 0.15) is 0 Å². The van der Waals surface area contributed by atoms with E-state index in [1.165, 1.54) is 57.8 Å². The van der Waals surface area contributed by atoms with Crippen LogP contribution in [-0.4, -0.2) is 11.2 Å². The Bertz CT molecular complexity index is 228. The molecule has 0 amide bonds. The molecule has 3 unspecified atom stereocenters. The number of hydrogen-bond donors (Lipinski definition) is 1. The Balaban J connectivity index is 2.23. The molecule has 1 fully saturated rings. The molecule has 1 aliphatic rings. The van der Waals surface area contributed by atoms with E-state index >= 15 is 0 Å². The average Bonchev–Trinajstić information content (AvgIpc) is 2.34. The van der Waals surface area contributed by atoms with Crippen molar-refractivity contribution in [3.8, 4) is 0 Å². The summed E-state index contributed by atoms with van der Waals surface area (Å²) in [4.78, 5) is 0. The number of unbranched alkanes of at least 4 members (excludes halogenated alkanes) is 5. The van der Waals surface area contributed by atoms with Crippen LogP contribution < -0.4 is 0 Å². The fourth-order valence-corrected chi connectivity index (χ4v) is 3.53. The van der Waals surface area contributed by atoms with Crippen LogP contribution in [-0.2, 0) is 0 Å². The summed E-state index contributed by atoms with van der Waals surface area (Å²) in [6, 6.07) is 0. The highest BCUT2D eigenvalue weighted by atomic mass is 16.3. The fourth-order valence-electron chi connectivity index (χ4n) is 3.53. The maximum absolute atomic E-state index is 10.2. The third-order valence-corrected chi connectivity index (χ3v) is 5.10. The van der Waals surface area contributed by atoms with E-state index in [1.807, 2.05) is 0 Å². The minimum Gasteiger partial charge on any atom is -0.393 e. The van der Waals surface area contributed by atoms with E-state index in [0.717, 1.165) is 12.3 Å². The van der Waals surface area contributed by atoms with Gasteiger partial charge in [-0.3, -0.25) is 0 Å². The van der Waals surface area contributed by atoms with Crippen LogP contribution >= 0.6 is 0 Å². The van der Waals surface area contributed by atoms with Crippen LogP contribution in [0, 0.1) is 17.3 Å². The smallest absolute Gasteiger partial charge is 0.0568 e. The molecule has 0 aromatic rings. The molecule has 1 heteroatoms. The number of rotatable bonds is 7. The van der Waals surface area contributed by atoms with Crippen LogP contribution in [0.2, 0.25) is 0 Å². The van der Waals surface area contributed by atoms with Gasteiger partial charge in [-0.2, -0.15) is 0 Å². The van der Waals surface area contributed by atoms with E-state index in [0.29, 0.717) is 11.3 Å².